The number of pyridine rings is 1. The zero-order valence-corrected chi connectivity index (χ0v) is 13.0. The molecule has 3 aromatic rings. The molecule has 0 unspecified atom stereocenters. The summed E-state index contributed by atoms with van der Waals surface area (Å²) in [5, 5.41) is 4.46. The van der Waals surface area contributed by atoms with E-state index < -0.39 is 0 Å². The fourth-order valence-corrected chi connectivity index (χ4v) is 2.47. The maximum Gasteiger partial charge on any atom is 0.258 e. The van der Waals surface area contributed by atoms with Gasteiger partial charge in [-0.1, -0.05) is 16.8 Å². The number of rotatable bonds is 4. The Balaban J connectivity index is 1.81. The standard InChI is InChI=1S/C15H15ClN4O2/c1-10-5-13(18-22-10)9-19(2)8-12-6-15(21)20-7-11(16)3-4-14(20)17-12/h3-7H,8-9H2,1-2H3. The Bertz CT molecular complexity index is 871. The number of hydrogen-bond acceptors (Lipinski definition) is 5. The van der Waals surface area contributed by atoms with Crippen molar-refractivity contribution in [3.8, 4) is 0 Å². The second-order valence-electron chi connectivity index (χ2n) is 5.26. The highest BCUT2D eigenvalue weighted by Gasteiger charge is 2.09. The molecule has 0 amide bonds. The molecule has 0 bridgehead atoms. The van der Waals surface area contributed by atoms with Crippen LogP contribution in [0.3, 0.4) is 0 Å². The van der Waals surface area contributed by atoms with Crippen molar-refractivity contribution in [2.24, 2.45) is 0 Å². The van der Waals surface area contributed by atoms with Crippen molar-refractivity contribution in [1.82, 2.24) is 19.4 Å². The third-order valence-corrected chi connectivity index (χ3v) is 3.44. The molecule has 3 rings (SSSR count). The van der Waals surface area contributed by atoms with Crippen LogP contribution in [0.5, 0.6) is 0 Å². The lowest BCUT2D eigenvalue weighted by Crippen LogP contribution is -2.22. The van der Waals surface area contributed by atoms with Gasteiger partial charge in [0.2, 0.25) is 0 Å². The third kappa shape index (κ3) is 3.18. The van der Waals surface area contributed by atoms with Crippen LogP contribution in [0.4, 0.5) is 0 Å². The van der Waals surface area contributed by atoms with Gasteiger partial charge in [-0.2, -0.15) is 0 Å². The minimum atomic E-state index is -0.145. The molecule has 7 heteroatoms. The summed E-state index contributed by atoms with van der Waals surface area (Å²) in [5.74, 6) is 0.780. The Morgan fingerprint density at radius 1 is 1.27 bits per heavy atom. The predicted molar refractivity (Wildman–Crippen MR) is 82.9 cm³/mol. The van der Waals surface area contributed by atoms with E-state index >= 15 is 0 Å². The number of hydrogen-bond donors (Lipinski definition) is 0. The van der Waals surface area contributed by atoms with Crippen molar-refractivity contribution < 1.29 is 4.52 Å². The molecule has 0 aliphatic rings. The van der Waals surface area contributed by atoms with Crippen LogP contribution in [0.25, 0.3) is 5.65 Å². The first-order valence-corrected chi connectivity index (χ1v) is 7.17. The van der Waals surface area contributed by atoms with E-state index in [9.17, 15) is 4.79 Å². The summed E-state index contributed by atoms with van der Waals surface area (Å²) in [6, 6.07) is 6.86. The highest BCUT2D eigenvalue weighted by atomic mass is 35.5. The second-order valence-corrected chi connectivity index (χ2v) is 5.70. The highest BCUT2D eigenvalue weighted by Crippen LogP contribution is 2.10. The molecule has 6 nitrogen and oxygen atoms in total. The van der Waals surface area contributed by atoms with Gasteiger partial charge in [0.15, 0.2) is 0 Å². The van der Waals surface area contributed by atoms with Crippen molar-refractivity contribution in [3.63, 3.8) is 0 Å². The van der Waals surface area contributed by atoms with Crippen LogP contribution in [0.2, 0.25) is 5.02 Å². The lowest BCUT2D eigenvalue weighted by molar-refractivity contribution is 0.299. The van der Waals surface area contributed by atoms with Crippen LogP contribution in [0, 0.1) is 6.92 Å². The molecular weight excluding hydrogens is 304 g/mol. The van der Waals surface area contributed by atoms with Gasteiger partial charge in [-0.25, -0.2) is 4.98 Å². The summed E-state index contributed by atoms with van der Waals surface area (Å²) in [5.41, 5.74) is 1.99. The fraction of sp³-hybridized carbons (Fsp3) is 0.267. The first-order chi connectivity index (χ1) is 10.5. The molecule has 0 fully saturated rings. The normalized spacial score (nSPS) is 11.5. The molecule has 0 saturated heterocycles. The Kier molecular flexibility index (Phi) is 3.96. The Labute approximate surface area is 131 Å². The van der Waals surface area contributed by atoms with Gasteiger partial charge in [0, 0.05) is 31.4 Å². The number of halogens is 1. The van der Waals surface area contributed by atoms with E-state index in [2.05, 4.69) is 10.1 Å². The van der Waals surface area contributed by atoms with Gasteiger partial charge < -0.3 is 4.52 Å². The molecule has 0 spiro atoms. The van der Waals surface area contributed by atoms with E-state index in [1.807, 2.05) is 24.9 Å². The van der Waals surface area contributed by atoms with Crippen LogP contribution < -0.4 is 5.56 Å². The predicted octanol–water partition coefficient (Wildman–Crippen LogP) is 2.28. The summed E-state index contributed by atoms with van der Waals surface area (Å²) >= 11 is 5.90. The minimum absolute atomic E-state index is 0.145. The van der Waals surface area contributed by atoms with E-state index in [1.54, 1.807) is 18.3 Å². The van der Waals surface area contributed by atoms with Crippen molar-refractivity contribution in [2.45, 2.75) is 20.0 Å². The zero-order chi connectivity index (χ0) is 15.7. The molecule has 3 aromatic heterocycles. The van der Waals surface area contributed by atoms with Crippen molar-refractivity contribution >= 4 is 17.2 Å². The summed E-state index contributed by atoms with van der Waals surface area (Å²) in [4.78, 5) is 18.6. The van der Waals surface area contributed by atoms with Gasteiger partial charge in [-0.05, 0) is 26.1 Å². The number of aromatic nitrogens is 3. The van der Waals surface area contributed by atoms with E-state index in [4.69, 9.17) is 16.1 Å². The average Bonchev–Trinajstić information content (AvgIpc) is 2.85. The molecule has 0 saturated carbocycles. The van der Waals surface area contributed by atoms with E-state index in [0.717, 1.165) is 11.5 Å². The second kappa shape index (κ2) is 5.90. The lowest BCUT2D eigenvalue weighted by Gasteiger charge is -2.14. The molecule has 0 aliphatic heterocycles. The van der Waals surface area contributed by atoms with Gasteiger partial charge in [-0.3, -0.25) is 14.1 Å². The zero-order valence-electron chi connectivity index (χ0n) is 12.3. The summed E-state index contributed by atoms with van der Waals surface area (Å²) < 4.78 is 6.48. The first kappa shape index (κ1) is 14.7. The molecular formula is C15H15ClN4O2. The van der Waals surface area contributed by atoms with Gasteiger partial charge in [-0.15, -0.1) is 0 Å². The fourth-order valence-electron chi connectivity index (χ4n) is 2.31. The molecule has 3 heterocycles. The van der Waals surface area contributed by atoms with Crippen LogP contribution >= 0.6 is 11.6 Å². The molecule has 114 valence electrons. The largest absolute Gasteiger partial charge is 0.361 e. The van der Waals surface area contributed by atoms with Gasteiger partial charge >= 0.3 is 0 Å². The monoisotopic (exact) mass is 318 g/mol. The van der Waals surface area contributed by atoms with Crippen LogP contribution in [-0.2, 0) is 13.1 Å². The number of nitrogens with zero attached hydrogens (tertiary/aromatic N) is 4. The molecule has 0 atom stereocenters. The lowest BCUT2D eigenvalue weighted by atomic mass is 10.3. The third-order valence-electron chi connectivity index (χ3n) is 3.22. The highest BCUT2D eigenvalue weighted by molar-refractivity contribution is 6.30. The van der Waals surface area contributed by atoms with Gasteiger partial charge in [0.1, 0.15) is 11.4 Å². The molecule has 0 aliphatic carbocycles. The molecule has 22 heavy (non-hydrogen) atoms. The van der Waals surface area contributed by atoms with E-state index in [1.165, 1.54) is 10.5 Å². The Hall–Kier alpha value is -2.18. The number of fused-ring (bicyclic) bond motifs is 1. The number of aryl methyl sites for hydroxylation is 1. The molecule has 0 N–H and O–H groups in total. The smallest absolute Gasteiger partial charge is 0.258 e. The van der Waals surface area contributed by atoms with Gasteiger partial charge in [0.05, 0.1) is 16.4 Å². The maximum atomic E-state index is 12.1. The maximum absolute atomic E-state index is 12.1. The first-order valence-electron chi connectivity index (χ1n) is 6.80. The van der Waals surface area contributed by atoms with Crippen molar-refractivity contribution in [2.75, 3.05) is 7.05 Å². The Morgan fingerprint density at radius 2 is 2.05 bits per heavy atom. The van der Waals surface area contributed by atoms with Crippen LogP contribution in [-0.4, -0.2) is 26.5 Å². The SMILES string of the molecule is Cc1cc(CN(C)Cc2cc(=O)n3cc(Cl)ccc3n2)no1. The van der Waals surface area contributed by atoms with E-state index in [0.29, 0.717) is 29.5 Å². The van der Waals surface area contributed by atoms with Crippen molar-refractivity contribution in [1.29, 1.82) is 0 Å². The quantitative estimate of drug-likeness (QED) is 0.738. The molecule has 0 radical (unpaired) electrons. The summed E-state index contributed by atoms with van der Waals surface area (Å²) in [6.07, 6.45) is 1.57. The van der Waals surface area contributed by atoms with Crippen molar-refractivity contribution in [3.05, 3.63) is 63.0 Å². The van der Waals surface area contributed by atoms with E-state index in [-0.39, 0.29) is 5.56 Å². The van der Waals surface area contributed by atoms with Crippen LogP contribution in [0.15, 0.2) is 39.8 Å². The Morgan fingerprint density at radius 3 is 2.77 bits per heavy atom. The summed E-state index contributed by atoms with van der Waals surface area (Å²) in [7, 11) is 1.94. The topological polar surface area (TPSA) is 63.6 Å². The van der Waals surface area contributed by atoms with Crippen LogP contribution in [0.1, 0.15) is 17.1 Å². The average molecular weight is 319 g/mol. The minimum Gasteiger partial charge on any atom is -0.361 e. The summed E-state index contributed by atoms with van der Waals surface area (Å²) in [6.45, 7) is 3.02. The van der Waals surface area contributed by atoms with Gasteiger partial charge in [0.25, 0.3) is 5.56 Å². The molecule has 0 aromatic carbocycles.